The molecule has 122 valence electrons. The maximum atomic E-state index is 12.5. The van der Waals surface area contributed by atoms with Gasteiger partial charge in [-0.25, -0.2) is 0 Å². The summed E-state index contributed by atoms with van der Waals surface area (Å²) < 4.78 is 0. The minimum absolute atomic E-state index is 0.238. The molecule has 1 amide bonds. The topological polar surface area (TPSA) is 49.6 Å². The Balaban J connectivity index is 1.77. The van der Waals surface area contributed by atoms with Gasteiger partial charge < -0.3 is 15.5 Å². The first-order valence-corrected chi connectivity index (χ1v) is 8.85. The number of carbonyl (C=O) groups excluding carboxylic acids is 1. The monoisotopic (exact) mass is 295 g/mol. The first-order valence-electron chi connectivity index (χ1n) is 8.85. The van der Waals surface area contributed by atoms with E-state index in [2.05, 4.69) is 11.8 Å². The minimum atomic E-state index is 0.238. The molecule has 1 aliphatic heterocycles. The molecule has 2 rings (SSSR count). The molecule has 1 aliphatic carbocycles. The molecule has 2 atom stereocenters. The lowest BCUT2D eigenvalue weighted by Crippen LogP contribution is -2.47. The fourth-order valence-corrected chi connectivity index (χ4v) is 3.91. The quantitative estimate of drug-likeness (QED) is 0.846. The fraction of sp³-hybridized carbons (Fsp3) is 0.941. The van der Waals surface area contributed by atoms with Gasteiger partial charge in [0.2, 0.25) is 5.91 Å². The van der Waals surface area contributed by atoms with Crippen LogP contribution in [-0.2, 0) is 4.79 Å². The third-order valence-corrected chi connectivity index (χ3v) is 5.44. The van der Waals surface area contributed by atoms with Crippen LogP contribution in [0.3, 0.4) is 0 Å². The average Bonchev–Trinajstić information content (AvgIpc) is 2.50. The molecule has 0 aromatic rings. The predicted molar refractivity (Wildman–Crippen MR) is 87.1 cm³/mol. The van der Waals surface area contributed by atoms with Crippen molar-refractivity contribution >= 4 is 5.91 Å². The molecule has 4 nitrogen and oxygen atoms in total. The molecular formula is C17H33N3O. The Morgan fingerprint density at radius 1 is 1.19 bits per heavy atom. The van der Waals surface area contributed by atoms with Crippen LogP contribution in [-0.4, -0.2) is 54.5 Å². The Kier molecular flexibility index (Phi) is 6.49. The molecule has 2 aliphatic rings. The van der Waals surface area contributed by atoms with Gasteiger partial charge in [-0.3, -0.25) is 4.79 Å². The van der Waals surface area contributed by atoms with E-state index >= 15 is 0 Å². The van der Waals surface area contributed by atoms with Gasteiger partial charge in [-0.1, -0.05) is 19.8 Å². The molecular weight excluding hydrogens is 262 g/mol. The molecule has 2 N–H and O–H groups in total. The highest BCUT2D eigenvalue weighted by Crippen LogP contribution is 2.27. The summed E-state index contributed by atoms with van der Waals surface area (Å²) in [5.41, 5.74) is 6.18. The normalized spacial score (nSPS) is 28.5. The summed E-state index contributed by atoms with van der Waals surface area (Å²) in [5, 5.41) is 0. The molecule has 2 fully saturated rings. The van der Waals surface area contributed by atoms with Crippen molar-refractivity contribution in [2.45, 2.75) is 70.4 Å². The summed E-state index contributed by atoms with van der Waals surface area (Å²) in [6.07, 6.45) is 8.83. The van der Waals surface area contributed by atoms with Gasteiger partial charge in [-0.2, -0.15) is 0 Å². The van der Waals surface area contributed by atoms with Crippen molar-refractivity contribution in [3.63, 3.8) is 0 Å². The maximum Gasteiger partial charge on any atom is 0.222 e. The SMILES string of the molecule is CCCN1CCC(N(C)C(=O)CC2CCCCC2N)CC1. The first kappa shape index (κ1) is 16.8. The van der Waals surface area contributed by atoms with Crippen LogP contribution >= 0.6 is 0 Å². The number of likely N-dealkylation sites (tertiary alicyclic amines) is 1. The molecule has 0 spiro atoms. The summed E-state index contributed by atoms with van der Waals surface area (Å²) in [5.74, 6) is 0.722. The zero-order valence-electron chi connectivity index (χ0n) is 13.9. The van der Waals surface area contributed by atoms with Crippen molar-refractivity contribution in [2.24, 2.45) is 11.7 Å². The number of nitrogens with zero attached hydrogens (tertiary/aromatic N) is 2. The van der Waals surface area contributed by atoms with Crippen molar-refractivity contribution in [3.8, 4) is 0 Å². The molecule has 21 heavy (non-hydrogen) atoms. The molecule has 1 saturated carbocycles. The van der Waals surface area contributed by atoms with Crippen molar-refractivity contribution in [1.29, 1.82) is 0 Å². The summed E-state index contributed by atoms with van der Waals surface area (Å²) >= 11 is 0. The lowest BCUT2D eigenvalue weighted by Gasteiger charge is -2.38. The van der Waals surface area contributed by atoms with Crippen molar-refractivity contribution < 1.29 is 4.79 Å². The van der Waals surface area contributed by atoms with Gasteiger partial charge in [0.25, 0.3) is 0 Å². The maximum absolute atomic E-state index is 12.5. The molecule has 0 aromatic heterocycles. The van der Waals surface area contributed by atoms with E-state index in [1.807, 2.05) is 11.9 Å². The first-order chi connectivity index (χ1) is 10.1. The van der Waals surface area contributed by atoms with Crippen molar-refractivity contribution in [1.82, 2.24) is 9.80 Å². The van der Waals surface area contributed by atoms with E-state index in [9.17, 15) is 4.79 Å². The third kappa shape index (κ3) is 4.68. The highest BCUT2D eigenvalue weighted by Gasteiger charge is 2.29. The van der Waals surface area contributed by atoms with Crippen LogP contribution in [0.4, 0.5) is 0 Å². The molecule has 0 aromatic carbocycles. The number of piperidine rings is 1. The lowest BCUT2D eigenvalue weighted by atomic mass is 9.82. The van der Waals surface area contributed by atoms with E-state index in [0.717, 1.165) is 38.8 Å². The largest absolute Gasteiger partial charge is 0.343 e. The second-order valence-corrected chi connectivity index (χ2v) is 6.99. The van der Waals surface area contributed by atoms with Gasteiger partial charge in [-0.05, 0) is 44.6 Å². The molecule has 2 unspecified atom stereocenters. The Labute approximate surface area is 130 Å². The van der Waals surface area contributed by atoms with Crippen molar-refractivity contribution in [2.75, 3.05) is 26.7 Å². The van der Waals surface area contributed by atoms with Crippen LogP contribution in [0.1, 0.15) is 58.3 Å². The van der Waals surface area contributed by atoms with Crippen LogP contribution in [0.2, 0.25) is 0 Å². The summed E-state index contributed by atoms with van der Waals surface area (Å²) in [6.45, 7) is 5.70. The smallest absolute Gasteiger partial charge is 0.222 e. The molecule has 0 radical (unpaired) electrons. The Morgan fingerprint density at radius 2 is 1.86 bits per heavy atom. The van der Waals surface area contributed by atoms with Crippen LogP contribution in [0.5, 0.6) is 0 Å². The molecule has 1 saturated heterocycles. The number of hydrogen-bond acceptors (Lipinski definition) is 3. The Morgan fingerprint density at radius 3 is 2.48 bits per heavy atom. The van der Waals surface area contributed by atoms with Gasteiger partial charge in [0.05, 0.1) is 0 Å². The number of nitrogens with two attached hydrogens (primary N) is 1. The third-order valence-electron chi connectivity index (χ3n) is 5.44. The molecule has 4 heteroatoms. The Hall–Kier alpha value is -0.610. The minimum Gasteiger partial charge on any atom is -0.343 e. The number of rotatable bonds is 5. The summed E-state index contributed by atoms with van der Waals surface area (Å²) in [6, 6.07) is 0.674. The van der Waals surface area contributed by atoms with Gasteiger partial charge in [0.1, 0.15) is 0 Å². The number of carbonyl (C=O) groups is 1. The highest BCUT2D eigenvalue weighted by atomic mass is 16.2. The zero-order chi connectivity index (χ0) is 15.2. The van der Waals surface area contributed by atoms with Crippen LogP contribution in [0.25, 0.3) is 0 Å². The van der Waals surface area contributed by atoms with Gasteiger partial charge in [-0.15, -0.1) is 0 Å². The van der Waals surface area contributed by atoms with Crippen LogP contribution in [0, 0.1) is 5.92 Å². The fourth-order valence-electron chi connectivity index (χ4n) is 3.91. The van der Waals surface area contributed by atoms with E-state index in [1.165, 1.54) is 25.8 Å². The van der Waals surface area contributed by atoms with Crippen molar-refractivity contribution in [3.05, 3.63) is 0 Å². The number of hydrogen-bond donors (Lipinski definition) is 1. The van der Waals surface area contributed by atoms with Gasteiger partial charge in [0, 0.05) is 38.6 Å². The standard InChI is InChI=1S/C17H33N3O/c1-3-10-20-11-8-15(9-12-20)19(2)17(21)13-14-6-4-5-7-16(14)18/h14-16H,3-13,18H2,1-2H3. The summed E-state index contributed by atoms with van der Waals surface area (Å²) in [7, 11) is 2.00. The van der Waals surface area contributed by atoms with E-state index in [-0.39, 0.29) is 6.04 Å². The summed E-state index contributed by atoms with van der Waals surface area (Å²) in [4.78, 5) is 17.1. The van der Waals surface area contributed by atoms with E-state index in [0.29, 0.717) is 24.3 Å². The van der Waals surface area contributed by atoms with Crippen LogP contribution in [0.15, 0.2) is 0 Å². The molecule has 1 heterocycles. The van der Waals surface area contributed by atoms with Gasteiger partial charge in [0.15, 0.2) is 0 Å². The average molecular weight is 295 g/mol. The second kappa shape index (κ2) is 8.14. The second-order valence-electron chi connectivity index (χ2n) is 6.99. The predicted octanol–water partition coefficient (Wildman–Crippen LogP) is 2.23. The van der Waals surface area contributed by atoms with Crippen LogP contribution < -0.4 is 5.73 Å². The highest BCUT2D eigenvalue weighted by molar-refractivity contribution is 5.76. The van der Waals surface area contributed by atoms with E-state index in [4.69, 9.17) is 5.73 Å². The van der Waals surface area contributed by atoms with E-state index < -0.39 is 0 Å². The molecule has 0 bridgehead atoms. The lowest BCUT2D eigenvalue weighted by molar-refractivity contribution is -0.134. The Bertz CT molecular complexity index is 326. The van der Waals surface area contributed by atoms with Gasteiger partial charge >= 0.3 is 0 Å². The zero-order valence-corrected chi connectivity index (χ0v) is 13.9. The number of amides is 1. The van der Waals surface area contributed by atoms with E-state index in [1.54, 1.807) is 0 Å².